The third-order valence-electron chi connectivity index (χ3n) is 1.93. The first-order valence-electron chi connectivity index (χ1n) is 4.22. The Bertz CT molecular complexity index is 483. The molecule has 0 amide bonds. The number of benzene rings is 1. The van der Waals surface area contributed by atoms with E-state index in [1.54, 1.807) is 7.11 Å². The average molecular weight is 269 g/mol. The summed E-state index contributed by atoms with van der Waals surface area (Å²) in [6, 6.07) is 5.63. The number of hydrogen-bond donors (Lipinski definition) is 2. The van der Waals surface area contributed by atoms with Crippen LogP contribution in [0, 0.1) is 0 Å². The molecule has 0 aliphatic carbocycles. The van der Waals surface area contributed by atoms with Crippen molar-refractivity contribution in [3.8, 4) is 17.1 Å². The van der Waals surface area contributed by atoms with Gasteiger partial charge in [-0.05, 0) is 34.1 Å². The first-order valence-corrected chi connectivity index (χ1v) is 5.02. The van der Waals surface area contributed by atoms with Crippen LogP contribution in [-0.4, -0.2) is 22.3 Å². The van der Waals surface area contributed by atoms with Crippen LogP contribution in [0.25, 0.3) is 11.4 Å². The van der Waals surface area contributed by atoms with Crippen molar-refractivity contribution in [3.05, 3.63) is 22.7 Å². The zero-order valence-electron chi connectivity index (χ0n) is 7.99. The lowest BCUT2D eigenvalue weighted by Gasteiger charge is -2.04. The summed E-state index contributed by atoms with van der Waals surface area (Å²) < 4.78 is 6.06. The Kier molecular flexibility index (Phi) is 2.59. The van der Waals surface area contributed by atoms with Gasteiger partial charge in [-0.15, -0.1) is 5.10 Å². The molecular weight excluding hydrogens is 260 g/mol. The number of aromatic nitrogens is 3. The molecule has 0 aliphatic rings. The number of aromatic amines is 1. The fourth-order valence-electron chi connectivity index (χ4n) is 1.21. The second kappa shape index (κ2) is 3.90. The highest BCUT2D eigenvalue weighted by Crippen LogP contribution is 2.29. The normalized spacial score (nSPS) is 10.3. The van der Waals surface area contributed by atoms with Gasteiger partial charge in [-0.1, -0.05) is 0 Å². The lowest BCUT2D eigenvalue weighted by Crippen LogP contribution is -1.87. The Labute approximate surface area is 94.8 Å². The molecule has 0 fully saturated rings. The van der Waals surface area contributed by atoms with E-state index in [0.29, 0.717) is 5.82 Å². The van der Waals surface area contributed by atoms with Gasteiger partial charge in [0.05, 0.1) is 11.6 Å². The molecule has 0 bridgehead atoms. The van der Waals surface area contributed by atoms with Gasteiger partial charge in [0.1, 0.15) is 5.75 Å². The van der Waals surface area contributed by atoms with Crippen molar-refractivity contribution in [1.82, 2.24) is 15.2 Å². The van der Waals surface area contributed by atoms with Crippen molar-refractivity contribution >= 4 is 21.9 Å². The second-order valence-corrected chi connectivity index (χ2v) is 3.75. The Hall–Kier alpha value is -1.56. The maximum Gasteiger partial charge on any atom is 0.239 e. The fraction of sp³-hybridized carbons (Fsp3) is 0.111. The first-order chi connectivity index (χ1) is 7.20. The maximum atomic E-state index is 5.42. The predicted molar refractivity (Wildman–Crippen MR) is 60.5 cm³/mol. The van der Waals surface area contributed by atoms with Gasteiger partial charge in [0.15, 0.2) is 5.82 Å². The van der Waals surface area contributed by atoms with E-state index in [1.165, 1.54) is 0 Å². The summed E-state index contributed by atoms with van der Waals surface area (Å²) in [7, 11) is 1.61. The molecule has 1 aromatic heterocycles. The number of H-pyrrole nitrogens is 1. The summed E-state index contributed by atoms with van der Waals surface area (Å²) in [6.45, 7) is 0. The number of nitrogens with two attached hydrogens (primary N) is 1. The lowest BCUT2D eigenvalue weighted by atomic mass is 10.2. The van der Waals surface area contributed by atoms with Crippen LogP contribution < -0.4 is 10.5 Å². The average Bonchev–Trinajstić information content (AvgIpc) is 2.66. The number of ether oxygens (including phenoxy) is 1. The molecule has 2 rings (SSSR count). The van der Waals surface area contributed by atoms with Gasteiger partial charge in [-0.3, -0.25) is 5.10 Å². The SMILES string of the molecule is COc1cc(-c2nc(N)n[nH]2)ccc1Br. The number of rotatable bonds is 2. The van der Waals surface area contributed by atoms with E-state index >= 15 is 0 Å². The van der Waals surface area contributed by atoms with Gasteiger partial charge in [-0.2, -0.15) is 4.98 Å². The van der Waals surface area contributed by atoms with Crippen molar-refractivity contribution < 1.29 is 4.74 Å². The number of nitrogen functional groups attached to an aromatic ring is 1. The number of anilines is 1. The van der Waals surface area contributed by atoms with E-state index in [4.69, 9.17) is 10.5 Å². The molecule has 2 aromatic rings. The van der Waals surface area contributed by atoms with Crippen molar-refractivity contribution in [1.29, 1.82) is 0 Å². The molecule has 15 heavy (non-hydrogen) atoms. The molecule has 0 aliphatic heterocycles. The smallest absolute Gasteiger partial charge is 0.239 e. The van der Waals surface area contributed by atoms with Crippen LogP contribution in [-0.2, 0) is 0 Å². The molecular formula is C9H9BrN4O. The maximum absolute atomic E-state index is 5.42. The molecule has 0 spiro atoms. The third kappa shape index (κ3) is 1.94. The molecule has 5 nitrogen and oxygen atoms in total. The predicted octanol–water partition coefficient (Wildman–Crippen LogP) is 1.82. The summed E-state index contributed by atoms with van der Waals surface area (Å²) in [5.74, 6) is 1.59. The molecule has 0 atom stereocenters. The molecule has 3 N–H and O–H groups in total. The Morgan fingerprint density at radius 1 is 1.47 bits per heavy atom. The number of nitrogens with zero attached hydrogens (tertiary/aromatic N) is 2. The number of nitrogens with one attached hydrogen (secondary N) is 1. The largest absolute Gasteiger partial charge is 0.496 e. The van der Waals surface area contributed by atoms with Gasteiger partial charge in [0.2, 0.25) is 5.95 Å². The van der Waals surface area contributed by atoms with Crippen molar-refractivity contribution in [3.63, 3.8) is 0 Å². The molecule has 1 heterocycles. The minimum absolute atomic E-state index is 0.229. The quantitative estimate of drug-likeness (QED) is 0.871. The van der Waals surface area contributed by atoms with Gasteiger partial charge >= 0.3 is 0 Å². The van der Waals surface area contributed by atoms with Crippen molar-refractivity contribution in [2.24, 2.45) is 0 Å². The topological polar surface area (TPSA) is 76.8 Å². The molecule has 1 aromatic carbocycles. The molecule has 0 saturated carbocycles. The number of halogens is 1. The molecule has 0 unspecified atom stereocenters. The van der Waals surface area contributed by atoms with Crippen LogP contribution in [0.5, 0.6) is 5.75 Å². The van der Waals surface area contributed by atoms with Crippen LogP contribution in [0.1, 0.15) is 0 Å². The highest BCUT2D eigenvalue weighted by atomic mass is 79.9. The highest BCUT2D eigenvalue weighted by molar-refractivity contribution is 9.10. The van der Waals surface area contributed by atoms with Gasteiger partial charge in [0, 0.05) is 5.56 Å². The highest BCUT2D eigenvalue weighted by Gasteiger charge is 2.06. The summed E-state index contributed by atoms with van der Waals surface area (Å²) in [5.41, 5.74) is 6.30. The first kappa shape index (κ1) is 9.97. The Morgan fingerprint density at radius 3 is 2.87 bits per heavy atom. The summed E-state index contributed by atoms with van der Waals surface area (Å²) in [6.07, 6.45) is 0. The van der Waals surface area contributed by atoms with Crippen molar-refractivity contribution in [2.45, 2.75) is 0 Å². The minimum atomic E-state index is 0.229. The summed E-state index contributed by atoms with van der Waals surface area (Å²) in [5, 5.41) is 6.50. The van der Waals surface area contributed by atoms with Crippen LogP contribution in [0.4, 0.5) is 5.95 Å². The molecule has 78 valence electrons. The van der Waals surface area contributed by atoms with E-state index in [-0.39, 0.29) is 5.95 Å². The lowest BCUT2D eigenvalue weighted by molar-refractivity contribution is 0.412. The van der Waals surface area contributed by atoms with Gasteiger partial charge < -0.3 is 10.5 Å². The van der Waals surface area contributed by atoms with E-state index in [0.717, 1.165) is 15.8 Å². The Morgan fingerprint density at radius 2 is 2.27 bits per heavy atom. The molecule has 0 saturated heterocycles. The van der Waals surface area contributed by atoms with Crippen molar-refractivity contribution in [2.75, 3.05) is 12.8 Å². The summed E-state index contributed by atoms with van der Waals surface area (Å²) >= 11 is 3.37. The van der Waals surface area contributed by atoms with Gasteiger partial charge in [0.25, 0.3) is 0 Å². The Balaban J connectivity index is 2.45. The second-order valence-electron chi connectivity index (χ2n) is 2.89. The zero-order valence-corrected chi connectivity index (χ0v) is 9.58. The monoisotopic (exact) mass is 268 g/mol. The molecule has 6 heteroatoms. The minimum Gasteiger partial charge on any atom is -0.496 e. The standard InChI is InChI=1S/C9H9BrN4O/c1-15-7-4-5(2-3-6(7)10)8-12-9(11)14-13-8/h2-4H,1H3,(H3,11,12,13,14). The third-order valence-corrected chi connectivity index (χ3v) is 2.58. The summed E-state index contributed by atoms with van der Waals surface area (Å²) in [4.78, 5) is 4.03. The van der Waals surface area contributed by atoms with Gasteiger partial charge in [-0.25, -0.2) is 0 Å². The van der Waals surface area contributed by atoms with Crippen LogP contribution in [0.3, 0.4) is 0 Å². The van der Waals surface area contributed by atoms with E-state index in [2.05, 4.69) is 31.1 Å². The van der Waals surface area contributed by atoms with E-state index < -0.39 is 0 Å². The number of methoxy groups -OCH3 is 1. The molecule has 0 radical (unpaired) electrons. The van der Waals surface area contributed by atoms with E-state index in [1.807, 2.05) is 18.2 Å². The van der Waals surface area contributed by atoms with Crippen LogP contribution in [0.2, 0.25) is 0 Å². The number of hydrogen-bond acceptors (Lipinski definition) is 4. The fourth-order valence-corrected chi connectivity index (χ4v) is 1.62. The van der Waals surface area contributed by atoms with Crippen LogP contribution >= 0.6 is 15.9 Å². The zero-order chi connectivity index (χ0) is 10.8. The van der Waals surface area contributed by atoms with Crippen LogP contribution in [0.15, 0.2) is 22.7 Å². The van der Waals surface area contributed by atoms with E-state index in [9.17, 15) is 0 Å².